The van der Waals surface area contributed by atoms with Crippen molar-refractivity contribution in [3.8, 4) is 0 Å². The number of hydrogen-bond donors (Lipinski definition) is 3. The van der Waals surface area contributed by atoms with Gasteiger partial charge in [0.2, 0.25) is 5.91 Å². The Bertz CT molecular complexity index is 858. The molecule has 6 nitrogen and oxygen atoms in total. The van der Waals surface area contributed by atoms with E-state index in [4.69, 9.17) is 4.74 Å². The van der Waals surface area contributed by atoms with Crippen LogP contribution in [0.15, 0.2) is 24.3 Å². The smallest absolute Gasteiger partial charge is 0.305 e. The number of rotatable bonds is 44. The fourth-order valence-electron chi connectivity index (χ4n) is 7.22. The minimum atomic E-state index is -0.874. The first-order chi connectivity index (χ1) is 27.0. The van der Waals surface area contributed by atoms with Crippen LogP contribution in [-0.4, -0.2) is 47.4 Å². The van der Waals surface area contributed by atoms with Crippen molar-refractivity contribution in [3.05, 3.63) is 24.3 Å². The van der Waals surface area contributed by atoms with Crippen LogP contribution in [-0.2, 0) is 14.3 Å². The van der Waals surface area contributed by atoms with Crippen molar-refractivity contribution in [2.24, 2.45) is 0 Å². The number of aliphatic hydroxyl groups excluding tert-OH is 2. The van der Waals surface area contributed by atoms with E-state index < -0.39 is 12.1 Å². The predicted octanol–water partition coefficient (Wildman–Crippen LogP) is 14.0. The fraction of sp³-hybridized carbons (Fsp3) is 0.878. The maximum absolute atomic E-state index is 12.4. The number of ether oxygens (including phenoxy) is 1. The number of nitrogens with one attached hydrogen (secondary N) is 1. The first kappa shape index (κ1) is 53.3. The second-order valence-corrected chi connectivity index (χ2v) is 16.4. The van der Waals surface area contributed by atoms with E-state index in [9.17, 15) is 19.8 Å². The lowest BCUT2D eigenvalue weighted by Crippen LogP contribution is -2.45. The molecule has 6 heteroatoms. The largest absolute Gasteiger partial charge is 0.466 e. The Kier molecular flexibility index (Phi) is 43.7. The van der Waals surface area contributed by atoms with Crippen LogP contribution in [0.5, 0.6) is 0 Å². The molecule has 0 bridgehead atoms. The van der Waals surface area contributed by atoms with Gasteiger partial charge in [0, 0.05) is 12.8 Å². The summed E-state index contributed by atoms with van der Waals surface area (Å²) in [6, 6.07) is -0.664. The molecular formula is C49H93NO5. The standard InChI is InChI=1S/C49H93NO5/c1-3-5-7-9-11-13-15-17-18-19-20-21-22-25-29-33-37-41-47(52)46(45-51)50-48(53)42-38-34-30-26-24-28-32-36-40-44-55-49(54)43-39-35-31-27-23-16-14-12-10-8-6-4-2/h26,30,37,41,46-47,51-52H,3-25,27-29,31-36,38-40,42-45H2,1-2H3,(H,50,53)/b30-26-,41-37+. The van der Waals surface area contributed by atoms with Crippen molar-refractivity contribution in [1.29, 1.82) is 0 Å². The summed E-state index contributed by atoms with van der Waals surface area (Å²) in [5, 5.41) is 23.0. The van der Waals surface area contributed by atoms with E-state index in [1.807, 2.05) is 6.08 Å². The molecular weight excluding hydrogens is 683 g/mol. The first-order valence-electron chi connectivity index (χ1n) is 24.1. The Hall–Kier alpha value is -1.66. The van der Waals surface area contributed by atoms with Gasteiger partial charge in [-0.25, -0.2) is 0 Å². The molecule has 0 aliphatic carbocycles. The van der Waals surface area contributed by atoms with Crippen molar-refractivity contribution < 1.29 is 24.5 Å². The first-order valence-corrected chi connectivity index (χ1v) is 24.1. The third kappa shape index (κ3) is 41.8. The molecule has 0 heterocycles. The molecule has 0 rings (SSSR count). The van der Waals surface area contributed by atoms with Crippen LogP contribution >= 0.6 is 0 Å². The zero-order valence-electron chi connectivity index (χ0n) is 36.7. The molecule has 2 unspecified atom stereocenters. The Morgan fingerprint density at radius 2 is 0.873 bits per heavy atom. The van der Waals surface area contributed by atoms with Gasteiger partial charge in [0.1, 0.15) is 0 Å². The molecule has 0 aromatic rings. The zero-order chi connectivity index (χ0) is 40.1. The van der Waals surface area contributed by atoms with Crippen molar-refractivity contribution in [1.82, 2.24) is 5.32 Å². The summed E-state index contributed by atoms with van der Waals surface area (Å²) in [4.78, 5) is 24.4. The van der Waals surface area contributed by atoms with Gasteiger partial charge in [-0.2, -0.15) is 0 Å². The molecule has 0 saturated carbocycles. The highest BCUT2D eigenvalue weighted by atomic mass is 16.5. The van der Waals surface area contributed by atoms with Crippen LogP contribution in [0.25, 0.3) is 0 Å². The van der Waals surface area contributed by atoms with Crippen molar-refractivity contribution in [2.45, 2.75) is 264 Å². The molecule has 0 spiro atoms. The van der Waals surface area contributed by atoms with Crippen molar-refractivity contribution >= 4 is 11.9 Å². The molecule has 1 amide bonds. The number of esters is 1. The molecule has 2 atom stereocenters. The van der Waals surface area contributed by atoms with E-state index in [1.54, 1.807) is 6.08 Å². The maximum atomic E-state index is 12.4. The van der Waals surface area contributed by atoms with Gasteiger partial charge < -0.3 is 20.3 Å². The fourth-order valence-corrected chi connectivity index (χ4v) is 7.22. The summed E-state index contributed by atoms with van der Waals surface area (Å²) >= 11 is 0. The van der Waals surface area contributed by atoms with Gasteiger partial charge in [0.05, 0.1) is 25.4 Å². The second-order valence-electron chi connectivity index (χ2n) is 16.4. The Morgan fingerprint density at radius 1 is 0.491 bits per heavy atom. The zero-order valence-corrected chi connectivity index (χ0v) is 36.7. The van der Waals surface area contributed by atoms with Crippen LogP contribution in [0.1, 0.15) is 251 Å². The SMILES string of the molecule is CCCCCCCCCCCCCCCCC/C=C/C(O)C(CO)NC(=O)CCC/C=C\CCCCCCOC(=O)CCCCCCCCCCCCCC. The lowest BCUT2D eigenvalue weighted by molar-refractivity contribution is -0.143. The lowest BCUT2D eigenvalue weighted by atomic mass is 10.0. The van der Waals surface area contributed by atoms with Crippen molar-refractivity contribution in [3.63, 3.8) is 0 Å². The average molecular weight is 776 g/mol. The molecule has 0 fully saturated rings. The monoisotopic (exact) mass is 776 g/mol. The van der Waals surface area contributed by atoms with E-state index in [2.05, 4.69) is 31.3 Å². The Labute approximate surface area is 341 Å². The number of hydrogen-bond acceptors (Lipinski definition) is 5. The Morgan fingerprint density at radius 3 is 1.33 bits per heavy atom. The van der Waals surface area contributed by atoms with Gasteiger partial charge in [-0.3, -0.25) is 9.59 Å². The highest BCUT2D eigenvalue weighted by molar-refractivity contribution is 5.76. The van der Waals surface area contributed by atoms with Gasteiger partial charge in [-0.15, -0.1) is 0 Å². The van der Waals surface area contributed by atoms with Crippen molar-refractivity contribution in [2.75, 3.05) is 13.2 Å². The predicted molar refractivity (Wildman–Crippen MR) is 236 cm³/mol. The van der Waals surface area contributed by atoms with Crippen LogP contribution in [0, 0.1) is 0 Å². The van der Waals surface area contributed by atoms with Crippen LogP contribution in [0.3, 0.4) is 0 Å². The minimum absolute atomic E-state index is 0.0377. The molecule has 55 heavy (non-hydrogen) atoms. The quantitative estimate of drug-likeness (QED) is 0.0325. The molecule has 0 aromatic heterocycles. The topological polar surface area (TPSA) is 95.9 Å². The molecule has 0 aliphatic rings. The highest BCUT2D eigenvalue weighted by Gasteiger charge is 2.17. The van der Waals surface area contributed by atoms with Gasteiger partial charge >= 0.3 is 5.97 Å². The third-order valence-corrected chi connectivity index (χ3v) is 11.0. The summed E-state index contributed by atoms with van der Waals surface area (Å²) in [5.74, 6) is -0.165. The van der Waals surface area contributed by atoms with E-state index in [-0.39, 0.29) is 18.5 Å². The summed E-state index contributed by atoms with van der Waals surface area (Å²) < 4.78 is 5.42. The Balaban J connectivity index is 3.60. The summed E-state index contributed by atoms with van der Waals surface area (Å²) in [5.41, 5.74) is 0. The molecule has 324 valence electrons. The number of allylic oxidation sites excluding steroid dienone is 3. The van der Waals surface area contributed by atoms with Gasteiger partial charge in [-0.1, -0.05) is 212 Å². The van der Waals surface area contributed by atoms with Crippen LogP contribution in [0.4, 0.5) is 0 Å². The summed E-state index contributed by atoms with van der Waals surface area (Å²) in [7, 11) is 0. The normalized spacial score (nSPS) is 12.9. The average Bonchev–Trinajstić information content (AvgIpc) is 3.18. The summed E-state index contributed by atoms with van der Waals surface area (Å²) in [6.07, 6.45) is 51.7. The number of aliphatic hydroxyl groups is 2. The molecule has 0 aliphatic heterocycles. The lowest BCUT2D eigenvalue weighted by Gasteiger charge is -2.19. The van der Waals surface area contributed by atoms with Gasteiger partial charge in [-0.05, 0) is 51.4 Å². The van der Waals surface area contributed by atoms with Crippen LogP contribution < -0.4 is 5.32 Å². The van der Waals surface area contributed by atoms with E-state index in [0.717, 1.165) is 70.6 Å². The van der Waals surface area contributed by atoms with E-state index in [0.29, 0.717) is 19.4 Å². The molecule has 0 radical (unpaired) electrons. The van der Waals surface area contributed by atoms with E-state index in [1.165, 1.54) is 154 Å². The van der Waals surface area contributed by atoms with E-state index >= 15 is 0 Å². The number of amides is 1. The number of carbonyl (C=O) groups is 2. The molecule has 3 N–H and O–H groups in total. The third-order valence-electron chi connectivity index (χ3n) is 11.0. The highest BCUT2D eigenvalue weighted by Crippen LogP contribution is 2.15. The molecule has 0 saturated heterocycles. The van der Waals surface area contributed by atoms with Gasteiger partial charge in [0.15, 0.2) is 0 Å². The van der Waals surface area contributed by atoms with Crippen LogP contribution in [0.2, 0.25) is 0 Å². The summed E-state index contributed by atoms with van der Waals surface area (Å²) in [6.45, 7) is 4.81. The second kappa shape index (κ2) is 45.0. The number of unbranched alkanes of at least 4 members (excludes halogenated alkanes) is 31. The molecule has 0 aromatic carbocycles. The number of carbonyl (C=O) groups excluding carboxylic acids is 2. The van der Waals surface area contributed by atoms with Gasteiger partial charge in [0.25, 0.3) is 0 Å². The maximum Gasteiger partial charge on any atom is 0.305 e. The minimum Gasteiger partial charge on any atom is -0.466 e.